The number of hydrogen-bond donors (Lipinski definition) is 1. The average Bonchev–Trinajstić information content (AvgIpc) is 2.63. The van der Waals surface area contributed by atoms with Crippen molar-refractivity contribution in [1.82, 2.24) is 9.88 Å². The first kappa shape index (κ1) is 14.2. The van der Waals surface area contributed by atoms with E-state index in [2.05, 4.69) is 20.9 Å². The molecule has 4 nitrogen and oxygen atoms in total. The Morgan fingerprint density at radius 3 is 2.86 bits per heavy atom. The largest absolute Gasteiger partial charge is 0.374 e. The first-order valence-corrected chi connectivity index (χ1v) is 6.93. The lowest BCUT2D eigenvalue weighted by Gasteiger charge is -2.31. The third-order valence-corrected chi connectivity index (χ3v) is 3.88. The minimum atomic E-state index is -2.05. The highest BCUT2D eigenvalue weighted by Crippen LogP contribution is 2.34. The molecule has 1 aromatic heterocycles. The Hall–Kier alpha value is -1.73. The minimum absolute atomic E-state index is 0.0764. The number of rotatable bonds is 2. The zero-order chi connectivity index (χ0) is 15.2. The SMILES string of the molecule is [B]C1(O)c2ncccc2C(=O)N1Cc1ccc(Br)cc1F. The topological polar surface area (TPSA) is 53.4 Å². The fraction of sp³-hybridized carbons (Fsp3) is 0.143. The van der Waals surface area contributed by atoms with Gasteiger partial charge in [-0.05, 0) is 24.3 Å². The summed E-state index contributed by atoms with van der Waals surface area (Å²) in [7, 11) is 5.82. The van der Waals surface area contributed by atoms with Crippen LogP contribution in [-0.2, 0) is 12.2 Å². The van der Waals surface area contributed by atoms with Crippen LogP contribution in [0.15, 0.2) is 41.0 Å². The van der Waals surface area contributed by atoms with Gasteiger partial charge >= 0.3 is 0 Å². The van der Waals surface area contributed by atoms with Crippen molar-refractivity contribution < 1.29 is 14.3 Å². The van der Waals surface area contributed by atoms with Gasteiger partial charge in [-0.15, -0.1) is 0 Å². The Morgan fingerprint density at radius 1 is 1.43 bits per heavy atom. The number of aromatic nitrogens is 1. The molecule has 1 unspecified atom stereocenters. The quantitative estimate of drug-likeness (QED) is 0.845. The predicted octanol–water partition coefficient (Wildman–Crippen LogP) is 1.91. The Labute approximate surface area is 130 Å². The van der Waals surface area contributed by atoms with E-state index in [1.807, 2.05) is 0 Å². The van der Waals surface area contributed by atoms with Gasteiger partial charge in [-0.3, -0.25) is 9.78 Å². The van der Waals surface area contributed by atoms with Crippen LogP contribution in [0.2, 0.25) is 0 Å². The number of carbonyl (C=O) groups is 1. The molecule has 1 aliphatic heterocycles. The van der Waals surface area contributed by atoms with E-state index in [1.165, 1.54) is 24.4 Å². The van der Waals surface area contributed by atoms with E-state index >= 15 is 0 Å². The van der Waals surface area contributed by atoms with Crippen LogP contribution in [-0.4, -0.2) is 28.7 Å². The zero-order valence-corrected chi connectivity index (χ0v) is 12.3. The van der Waals surface area contributed by atoms with Gasteiger partial charge in [0.05, 0.1) is 17.8 Å². The number of amides is 1. The second-order valence-corrected chi connectivity index (χ2v) is 5.67. The Kier molecular flexibility index (Phi) is 3.34. The van der Waals surface area contributed by atoms with Gasteiger partial charge in [-0.1, -0.05) is 22.0 Å². The average molecular weight is 347 g/mol. The summed E-state index contributed by atoms with van der Waals surface area (Å²) >= 11 is 3.16. The number of carbonyl (C=O) groups excluding carboxylic acids is 1. The van der Waals surface area contributed by atoms with E-state index < -0.39 is 17.3 Å². The molecule has 7 heteroatoms. The number of hydrogen-bond acceptors (Lipinski definition) is 3. The second kappa shape index (κ2) is 4.93. The van der Waals surface area contributed by atoms with Crippen molar-refractivity contribution in [2.75, 3.05) is 0 Å². The molecule has 0 saturated heterocycles. The normalized spacial score (nSPS) is 20.7. The molecule has 1 N–H and O–H groups in total. The van der Waals surface area contributed by atoms with E-state index in [1.54, 1.807) is 12.1 Å². The summed E-state index contributed by atoms with van der Waals surface area (Å²) in [5.74, 6) is -0.970. The Balaban J connectivity index is 1.99. The third-order valence-electron chi connectivity index (χ3n) is 3.39. The van der Waals surface area contributed by atoms with Crippen LogP contribution < -0.4 is 0 Å². The van der Waals surface area contributed by atoms with Crippen molar-refractivity contribution in [3.8, 4) is 0 Å². The molecule has 3 rings (SSSR count). The highest BCUT2D eigenvalue weighted by molar-refractivity contribution is 9.10. The summed E-state index contributed by atoms with van der Waals surface area (Å²) in [6, 6.07) is 7.58. The van der Waals surface area contributed by atoms with Crippen molar-refractivity contribution in [3.63, 3.8) is 0 Å². The first-order valence-electron chi connectivity index (χ1n) is 6.14. The molecule has 1 aliphatic rings. The van der Waals surface area contributed by atoms with Gasteiger partial charge in [-0.2, -0.15) is 0 Å². The molecule has 0 aliphatic carbocycles. The fourth-order valence-corrected chi connectivity index (χ4v) is 2.64. The van der Waals surface area contributed by atoms with Crippen LogP contribution in [0.3, 0.4) is 0 Å². The molecule has 0 saturated carbocycles. The summed E-state index contributed by atoms with van der Waals surface area (Å²) in [6.07, 6.45) is 1.44. The first-order chi connectivity index (χ1) is 9.91. The molecule has 2 radical (unpaired) electrons. The Morgan fingerprint density at radius 2 is 2.19 bits per heavy atom. The van der Waals surface area contributed by atoms with Gasteiger partial charge in [0.15, 0.2) is 7.85 Å². The van der Waals surface area contributed by atoms with Crippen LogP contribution in [0.5, 0.6) is 0 Å². The van der Waals surface area contributed by atoms with Crippen molar-refractivity contribution in [2.24, 2.45) is 0 Å². The highest BCUT2D eigenvalue weighted by atomic mass is 79.9. The van der Waals surface area contributed by atoms with Gasteiger partial charge in [0.1, 0.15) is 11.4 Å². The maximum atomic E-state index is 13.9. The van der Waals surface area contributed by atoms with Crippen molar-refractivity contribution in [2.45, 2.75) is 12.2 Å². The molecule has 2 aromatic rings. The van der Waals surface area contributed by atoms with E-state index in [-0.39, 0.29) is 23.4 Å². The zero-order valence-electron chi connectivity index (χ0n) is 10.8. The molecular formula is C14H9BBrFN2O2. The molecule has 0 fully saturated rings. The molecule has 1 amide bonds. The van der Waals surface area contributed by atoms with Gasteiger partial charge in [0, 0.05) is 16.2 Å². The number of halogens is 2. The predicted molar refractivity (Wildman–Crippen MR) is 77.9 cm³/mol. The lowest BCUT2D eigenvalue weighted by atomic mass is 9.87. The van der Waals surface area contributed by atoms with Crippen molar-refractivity contribution >= 4 is 29.7 Å². The third kappa shape index (κ3) is 2.26. The van der Waals surface area contributed by atoms with Crippen LogP contribution in [0.25, 0.3) is 0 Å². The number of fused-ring (bicyclic) bond motifs is 1. The maximum Gasteiger partial charge on any atom is 0.258 e. The maximum absolute atomic E-state index is 13.9. The van der Waals surface area contributed by atoms with Crippen LogP contribution in [0, 0.1) is 5.82 Å². The number of nitrogens with zero attached hydrogens (tertiary/aromatic N) is 2. The summed E-state index contributed by atoms with van der Waals surface area (Å²) in [4.78, 5) is 17.3. The molecule has 1 aromatic carbocycles. The van der Waals surface area contributed by atoms with E-state index in [4.69, 9.17) is 7.85 Å². The van der Waals surface area contributed by atoms with Crippen molar-refractivity contribution in [1.29, 1.82) is 0 Å². The molecule has 2 heterocycles. The molecule has 0 spiro atoms. The van der Waals surface area contributed by atoms with E-state index in [0.29, 0.717) is 4.47 Å². The minimum Gasteiger partial charge on any atom is -0.374 e. The molecule has 21 heavy (non-hydrogen) atoms. The number of pyridine rings is 1. The summed E-state index contributed by atoms with van der Waals surface area (Å²) in [5, 5.41) is 10.4. The van der Waals surface area contributed by atoms with Gasteiger partial charge in [0.25, 0.3) is 5.91 Å². The van der Waals surface area contributed by atoms with Gasteiger partial charge in [0.2, 0.25) is 0 Å². The smallest absolute Gasteiger partial charge is 0.258 e. The standard InChI is InChI=1S/C14H9BBrFN2O2/c15-14(21)12-10(2-1-5-18-12)13(20)19(14)7-8-3-4-9(16)6-11(8)17/h1-6,21H,7H2. The lowest BCUT2D eigenvalue weighted by molar-refractivity contribution is -0.0227. The van der Waals surface area contributed by atoms with Crippen molar-refractivity contribution in [3.05, 3.63) is 63.6 Å². The summed E-state index contributed by atoms with van der Waals surface area (Å²) in [5.41, 5.74) is -1.50. The summed E-state index contributed by atoms with van der Waals surface area (Å²) < 4.78 is 14.5. The van der Waals surface area contributed by atoms with E-state index in [9.17, 15) is 14.3 Å². The number of aliphatic hydroxyl groups is 1. The lowest BCUT2D eigenvalue weighted by Crippen LogP contribution is -2.44. The molecule has 104 valence electrons. The second-order valence-electron chi connectivity index (χ2n) is 4.75. The van der Waals surface area contributed by atoms with Gasteiger partial charge < -0.3 is 10.0 Å². The summed E-state index contributed by atoms with van der Waals surface area (Å²) in [6.45, 7) is -0.151. The molecular weight excluding hydrogens is 338 g/mol. The monoisotopic (exact) mass is 346 g/mol. The van der Waals surface area contributed by atoms with E-state index in [0.717, 1.165) is 4.90 Å². The van der Waals surface area contributed by atoms with Gasteiger partial charge in [-0.25, -0.2) is 4.39 Å². The van der Waals surface area contributed by atoms with Crippen LogP contribution in [0.1, 0.15) is 21.6 Å². The van der Waals surface area contributed by atoms with Crippen LogP contribution in [0.4, 0.5) is 4.39 Å². The number of benzene rings is 1. The van der Waals surface area contributed by atoms with Crippen LogP contribution >= 0.6 is 15.9 Å². The highest BCUT2D eigenvalue weighted by Gasteiger charge is 2.45. The fourth-order valence-electron chi connectivity index (χ4n) is 2.31. The Bertz CT molecular complexity index is 739. The molecule has 0 bridgehead atoms. The molecule has 1 atom stereocenters.